The lowest BCUT2D eigenvalue weighted by Crippen LogP contribution is -2.36. The molecule has 7 nitrogen and oxygen atoms in total. The molecule has 0 fully saturated rings. The van der Waals surface area contributed by atoms with Crippen LogP contribution in [0, 0.1) is 10.1 Å². The van der Waals surface area contributed by atoms with Gasteiger partial charge in [0.25, 0.3) is 5.69 Å². The molecule has 7 heteroatoms. The molecule has 0 atom stereocenters. The summed E-state index contributed by atoms with van der Waals surface area (Å²) >= 11 is 0. The first-order chi connectivity index (χ1) is 9.06. The minimum absolute atomic E-state index is 0.0159. The van der Waals surface area contributed by atoms with Crippen molar-refractivity contribution in [2.45, 2.75) is 13.3 Å². The molecule has 0 saturated heterocycles. The molecule has 0 heterocycles. The first-order valence-corrected chi connectivity index (χ1v) is 5.84. The molecule has 0 aliphatic rings. The minimum Gasteiger partial charge on any atom is -0.338 e. The van der Waals surface area contributed by atoms with Gasteiger partial charge in [-0.2, -0.15) is 0 Å². The molecule has 0 aliphatic carbocycles. The molecule has 102 valence electrons. The minimum atomic E-state index is -0.593. The van der Waals surface area contributed by atoms with Crippen LogP contribution < -0.4 is 10.6 Å². The number of para-hydroxylation sites is 1. The Balaban J connectivity index is 2.59. The van der Waals surface area contributed by atoms with Crippen molar-refractivity contribution in [2.75, 3.05) is 13.1 Å². The van der Waals surface area contributed by atoms with Crippen molar-refractivity contribution in [2.24, 2.45) is 0 Å². The number of hydrogen-bond acceptors (Lipinski definition) is 4. The molecule has 2 amide bonds. The summed E-state index contributed by atoms with van der Waals surface area (Å²) < 4.78 is 0. The highest BCUT2D eigenvalue weighted by molar-refractivity contribution is 6.00. The summed E-state index contributed by atoms with van der Waals surface area (Å²) in [5.74, 6) is -0.371. The van der Waals surface area contributed by atoms with E-state index in [4.69, 9.17) is 0 Å². The van der Waals surface area contributed by atoms with Crippen LogP contribution in [-0.4, -0.2) is 29.8 Å². The number of urea groups is 1. The Morgan fingerprint density at radius 2 is 1.95 bits per heavy atom. The molecular weight excluding hydrogens is 250 g/mol. The molecule has 1 rings (SSSR count). The van der Waals surface area contributed by atoms with Crippen LogP contribution in [0.15, 0.2) is 24.3 Å². The van der Waals surface area contributed by atoms with Gasteiger partial charge in [-0.05, 0) is 13.0 Å². The number of carbonyl (C=O) groups excluding carboxylic acids is 2. The third kappa shape index (κ3) is 4.38. The number of amides is 2. The lowest BCUT2D eigenvalue weighted by Gasteiger charge is -2.05. The first kappa shape index (κ1) is 14.6. The normalized spacial score (nSPS) is 9.74. The maximum absolute atomic E-state index is 11.8. The van der Waals surface area contributed by atoms with E-state index in [0.29, 0.717) is 6.54 Å². The number of nitrogens with one attached hydrogen (secondary N) is 2. The first-order valence-electron chi connectivity index (χ1n) is 5.84. The summed E-state index contributed by atoms with van der Waals surface area (Å²) in [4.78, 5) is 33.1. The molecule has 0 unspecified atom stereocenters. The number of nitro benzene ring substituents is 1. The van der Waals surface area contributed by atoms with E-state index in [1.807, 2.05) is 0 Å². The van der Waals surface area contributed by atoms with E-state index in [9.17, 15) is 19.7 Å². The van der Waals surface area contributed by atoms with E-state index >= 15 is 0 Å². The predicted molar refractivity (Wildman–Crippen MR) is 69.1 cm³/mol. The van der Waals surface area contributed by atoms with Gasteiger partial charge in [-0.15, -0.1) is 0 Å². The molecule has 1 aromatic rings. The van der Waals surface area contributed by atoms with Crippen molar-refractivity contribution in [3.63, 3.8) is 0 Å². The van der Waals surface area contributed by atoms with Gasteiger partial charge in [0, 0.05) is 25.6 Å². The summed E-state index contributed by atoms with van der Waals surface area (Å²) in [5.41, 5.74) is -0.157. The van der Waals surface area contributed by atoms with Gasteiger partial charge < -0.3 is 10.6 Å². The smallest absolute Gasteiger partial charge is 0.314 e. The van der Waals surface area contributed by atoms with Crippen molar-refractivity contribution in [3.05, 3.63) is 39.9 Å². The van der Waals surface area contributed by atoms with E-state index in [1.165, 1.54) is 18.2 Å². The van der Waals surface area contributed by atoms with Crippen molar-refractivity contribution >= 4 is 17.5 Å². The summed E-state index contributed by atoms with van der Waals surface area (Å²) in [6, 6.07) is 5.40. The number of nitrogens with zero attached hydrogens (tertiary/aromatic N) is 1. The largest absolute Gasteiger partial charge is 0.338 e. The van der Waals surface area contributed by atoms with Gasteiger partial charge >= 0.3 is 6.03 Å². The van der Waals surface area contributed by atoms with Gasteiger partial charge in [0.2, 0.25) is 0 Å². The number of rotatable bonds is 6. The quantitative estimate of drug-likeness (QED) is 0.462. The molecule has 0 radical (unpaired) electrons. The third-order valence-electron chi connectivity index (χ3n) is 2.38. The fourth-order valence-electron chi connectivity index (χ4n) is 1.52. The average molecular weight is 265 g/mol. The van der Waals surface area contributed by atoms with Crippen LogP contribution >= 0.6 is 0 Å². The average Bonchev–Trinajstić information content (AvgIpc) is 2.38. The van der Waals surface area contributed by atoms with Crippen molar-refractivity contribution in [1.29, 1.82) is 0 Å². The SMILES string of the molecule is CCNC(=O)NCCC(=O)c1ccccc1[N+](=O)[O-]. The molecular formula is C12H15N3O4. The second-order valence-electron chi connectivity index (χ2n) is 3.73. The number of Topliss-reactive ketones (excluding diaryl/α,β-unsaturated/α-hetero) is 1. The van der Waals surface area contributed by atoms with E-state index < -0.39 is 4.92 Å². The van der Waals surface area contributed by atoms with Gasteiger partial charge in [0.1, 0.15) is 0 Å². The number of nitro groups is 1. The zero-order chi connectivity index (χ0) is 14.3. The molecule has 0 saturated carbocycles. The zero-order valence-electron chi connectivity index (χ0n) is 10.5. The fraction of sp³-hybridized carbons (Fsp3) is 0.333. The Bertz CT molecular complexity index is 488. The summed E-state index contributed by atoms with van der Waals surface area (Å²) in [7, 11) is 0. The highest BCUT2D eigenvalue weighted by Crippen LogP contribution is 2.18. The van der Waals surface area contributed by atoms with E-state index in [-0.39, 0.29) is 36.0 Å². The summed E-state index contributed by atoms with van der Waals surface area (Å²) in [5, 5.41) is 15.8. The molecule has 2 N–H and O–H groups in total. The maximum atomic E-state index is 11.8. The fourth-order valence-corrected chi connectivity index (χ4v) is 1.52. The number of carbonyl (C=O) groups is 2. The van der Waals surface area contributed by atoms with Gasteiger partial charge in [-0.1, -0.05) is 12.1 Å². The van der Waals surface area contributed by atoms with Crippen LogP contribution in [0.3, 0.4) is 0 Å². The Morgan fingerprint density at radius 3 is 2.58 bits per heavy atom. The van der Waals surface area contributed by atoms with E-state index in [0.717, 1.165) is 0 Å². The molecule has 0 spiro atoms. The van der Waals surface area contributed by atoms with Gasteiger partial charge in [-0.25, -0.2) is 4.79 Å². The standard InChI is InChI=1S/C12H15N3O4/c1-2-13-12(17)14-8-7-11(16)9-5-3-4-6-10(9)15(18)19/h3-6H,2,7-8H2,1H3,(H2,13,14,17). The maximum Gasteiger partial charge on any atom is 0.314 e. The van der Waals surface area contributed by atoms with Crippen molar-refractivity contribution in [1.82, 2.24) is 10.6 Å². The van der Waals surface area contributed by atoms with Gasteiger partial charge in [0.05, 0.1) is 10.5 Å². The Morgan fingerprint density at radius 1 is 1.26 bits per heavy atom. The molecule has 1 aromatic carbocycles. The Kier molecular flexibility index (Phi) is 5.46. The number of hydrogen-bond donors (Lipinski definition) is 2. The molecule has 0 aromatic heterocycles. The third-order valence-corrected chi connectivity index (χ3v) is 2.38. The van der Waals surface area contributed by atoms with Crippen molar-refractivity contribution in [3.8, 4) is 0 Å². The topological polar surface area (TPSA) is 101 Å². The van der Waals surface area contributed by atoms with Crippen LogP contribution in [0.25, 0.3) is 0 Å². The van der Waals surface area contributed by atoms with Crippen molar-refractivity contribution < 1.29 is 14.5 Å². The number of benzene rings is 1. The monoisotopic (exact) mass is 265 g/mol. The van der Waals surface area contributed by atoms with Crippen LogP contribution in [0.1, 0.15) is 23.7 Å². The molecule has 0 aliphatic heterocycles. The Hall–Kier alpha value is -2.44. The highest BCUT2D eigenvalue weighted by Gasteiger charge is 2.18. The number of ketones is 1. The summed E-state index contributed by atoms with van der Waals surface area (Å²) in [6.45, 7) is 2.40. The van der Waals surface area contributed by atoms with E-state index in [2.05, 4.69) is 10.6 Å². The van der Waals surface area contributed by atoms with Crippen LogP contribution in [0.5, 0.6) is 0 Å². The highest BCUT2D eigenvalue weighted by atomic mass is 16.6. The van der Waals surface area contributed by atoms with E-state index in [1.54, 1.807) is 13.0 Å². The lowest BCUT2D eigenvalue weighted by atomic mass is 10.1. The van der Waals surface area contributed by atoms with Crippen LogP contribution in [-0.2, 0) is 0 Å². The lowest BCUT2D eigenvalue weighted by molar-refractivity contribution is -0.385. The summed E-state index contributed by atoms with van der Waals surface area (Å²) in [6.07, 6.45) is 0.0159. The second-order valence-corrected chi connectivity index (χ2v) is 3.73. The second kappa shape index (κ2) is 7.10. The van der Waals surface area contributed by atoms with Gasteiger partial charge in [0.15, 0.2) is 5.78 Å². The molecule has 0 bridgehead atoms. The Labute approximate surface area is 110 Å². The van der Waals surface area contributed by atoms with Crippen LogP contribution in [0.4, 0.5) is 10.5 Å². The van der Waals surface area contributed by atoms with Crippen LogP contribution in [0.2, 0.25) is 0 Å². The predicted octanol–water partition coefficient (Wildman–Crippen LogP) is 1.49. The van der Waals surface area contributed by atoms with Gasteiger partial charge in [-0.3, -0.25) is 14.9 Å². The molecule has 19 heavy (non-hydrogen) atoms. The zero-order valence-corrected chi connectivity index (χ0v) is 10.5.